The first kappa shape index (κ1) is 13.6. The van der Waals surface area contributed by atoms with Crippen molar-refractivity contribution < 1.29 is 13.2 Å². The van der Waals surface area contributed by atoms with Gasteiger partial charge in [-0.2, -0.15) is 0 Å². The molecule has 0 bridgehead atoms. The number of benzene rings is 2. The van der Waals surface area contributed by atoms with Crippen LogP contribution in [0.1, 0.15) is 24.1 Å². The Labute approximate surface area is 110 Å². The zero-order valence-electron chi connectivity index (χ0n) is 10.5. The highest BCUT2D eigenvalue weighted by molar-refractivity contribution is 5.21. The van der Waals surface area contributed by atoms with Crippen molar-refractivity contribution in [3.8, 4) is 0 Å². The highest BCUT2D eigenvalue weighted by Crippen LogP contribution is 2.16. The molecule has 0 fully saturated rings. The summed E-state index contributed by atoms with van der Waals surface area (Å²) in [7, 11) is 0. The van der Waals surface area contributed by atoms with Gasteiger partial charge >= 0.3 is 0 Å². The summed E-state index contributed by atoms with van der Waals surface area (Å²) in [6, 6.07) is 10.1. The Kier molecular flexibility index (Phi) is 4.22. The molecule has 2 aromatic rings. The van der Waals surface area contributed by atoms with Crippen LogP contribution in [-0.4, -0.2) is 0 Å². The van der Waals surface area contributed by atoms with Crippen LogP contribution in [-0.2, 0) is 6.54 Å². The van der Waals surface area contributed by atoms with Crippen molar-refractivity contribution in [3.63, 3.8) is 0 Å². The second-order valence-corrected chi connectivity index (χ2v) is 4.37. The molecule has 1 nitrogen and oxygen atoms in total. The molecule has 4 heteroatoms. The SMILES string of the molecule is C[C@@H](NCc1cccc(F)c1F)c1cccc(F)c1. The van der Waals surface area contributed by atoms with E-state index in [1.54, 1.807) is 12.1 Å². The smallest absolute Gasteiger partial charge is 0.163 e. The number of halogens is 3. The van der Waals surface area contributed by atoms with E-state index in [1.165, 1.54) is 24.3 Å². The van der Waals surface area contributed by atoms with Gasteiger partial charge in [-0.05, 0) is 30.7 Å². The third-order valence-electron chi connectivity index (χ3n) is 2.98. The lowest BCUT2D eigenvalue weighted by molar-refractivity contribution is 0.484. The predicted molar refractivity (Wildman–Crippen MR) is 68.0 cm³/mol. The molecule has 100 valence electrons. The molecule has 0 unspecified atom stereocenters. The van der Waals surface area contributed by atoms with E-state index in [1.807, 2.05) is 6.92 Å². The summed E-state index contributed by atoms with van der Waals surface area (Å²) in [6.07, 6.45) is 0. The Hall–Kier alpha value is -1.81. The molecule has 0 radical (unpaired) electrons. The van der Waals surface area contributed by atoms with Crippen LogP contribution in [0.15, 0.2) is 42.5 Å². The van der Waals surface area contributed by atoms with Gasteiger partial charge in [-0.15, -0.1) is 0 Å². The van der Waals surface area contributed by atoms with E-state index in [2.05, 4.69) is 5.32 Å². The van der Waals surface area contributed by atoms with Crippen molar-refractivity contribution in [2.45, 2.75) is 19.5 Å². The van der Waals surface area contributed by atoms with Crippen molar-refractivity contribution in [1.29, 1.82) is 0 Å². The van der Waals surface area contributed by atoms with Gasteiger partial charge in [0.2, 0.25) is 0 Å². The van der Waals surface area contributed by atoms with Gasteiger partial charge in [-0.3, -0.25) is 0 Å². The molecule has 2 aromatic carbocycles. The van der Waals surface area contributed by atoms with E-state index in [9.17, 15) is 13.2 Å². The topological polar surface area (TPSA) is 12.0 Å². The maximum absolute atomic E-state index is 13.4. The summed E-state index contributed by atoms with van der Waals surface area (Å²) < 4.78 is 39.5. The van der Waals surface area contributed by atoms with Gasteiger partial charge in [-0.1, -0.05) is 24.3 Å². The number of nitrogens with one attached hydrogen (secondary N) is 1. The molecule has 0 spiro atoms. The van der Waals surface area contributed by atoms with Crippen molar-refractivity contribution >= 4 is 0 Å². The second-order valence-electron chi connectivity index (χ2n) is 4.37. The zero-order chi connectivity index (χ0) is 13.8. The highest BCUT2D eigenvalue weighted by atomic mass is 19.2. The predicted octanol–water partition coefficient (Wildman–Crippen LogP) is 3.95. The zero-order valence-corrected chi connectivity index (χ0v) is 10.5. The van der Waals surface area contributed by atoms with Crippen LogP contribution in [0.4, 0.5) is 13.2 Å². The Balaban J connectivity index is 2.04. The van der Waals surface area contributed by atoms with Crippen LogP contribution in [0.3, 0.4) is 0 Å². The molecular weight excluding hydrogens is 251 g/mol. The summed E-state index contributed by atoms with van der Waals surface area (Å²) in [5.74, 6) is -2.03. The summed E-state index contributed by atoms with van der Waals surface area (Å²) in [4.78, 5) is 0. The molecular formula is C15H14F3N. The van der Waals surface area contributed by atoms with Gasteiger partial charge in [0.15, 0.2) is 11.6 Å². The van der Waals surface area contributed by atoms with E-state index in [0.29, 0.717) is 0 Å². The van der Waals surface area contributed by atoms with Gasteiger partial charge in [0.05, 0.1) is 0 Å². The molecule has 2 rings (SSSR count). The van der Waals surface area contributed by atoms with E-state index in [0.717, 1.165) is 11.6 Å². The molecule has 1 atom stereocenters. The van der Waals surface area contributed by atoms with Crippen molar-refractivity contribution in [1.82, 2.24) is 5.32 Å². The maximum Gasteiger partial charge on any atom is 0.163 e. The van der Waals surface area contributed by atoms with Gasteiger partial charge in [-0.25, -0.2) is 13.2 Å². The number of rotatable bonds is 4. The van der Waals surface area contributed by atoms with Crippen LogP contribution < -0.4 is 5.32 Å². The van der Waals surface area contributed by atoms with Gasteiger partial charge in [0.1, 0.15) is 5.82 Å². The fraction of sp³-hybridized carbons (Fsp3) is 0.200. The van der Waals surface area contributed by atoms with Crippen LogP contribution >= 0.6 is 0 Å². The number of hydrogen-bond acceptors (Lipinski definition) is 1. The molecule has 19 heavy (non-hydrogen) atoms. The lowest BCUT2D eigenvalue weighted by Crippen LogP contribution is -2.19. The molecule has 1 N–H and O–H groups in total. The van der Waals surface area contributed by atoms with E-state index < -0.39 is 11.6 Å². The molecule has 0 aliphatic carbocycles. The molecule has 0 aliphatic rings. The molecule has 0 amide bonds. The summed E-state index contributed by atoms with van der Waals surface area (Å²) in [5, 5.41) is 3.04. The van der Waals surface area contributed by atoms with Crippen LogP contribution in [0.5, 0.6) is 0 Å². The average Bonchev–Trinajstić information content (AvgIpc) is 2.40. The van der Waals surface area contributed by atoms with Gasteiger partial charge < -0.3 is 5.32 Å². The van der Waals surface area contributed by atoms with Gasteiger partial charge in [0, 0.05) is 18.2 Å². The molecule has 0 saturated carbocycles. The number of hydrogen-bond donors (Lipinski definition) is 1. The third kappa shape index (κ3) is 3.35. The largest absolute Gasteiger partial charge is 0.306 e. The Bertz CT molecular complexity index is 569. The van der Waals surface area contributed by atoms with Crippen molar-refractivity contribution in [3.05, 3.63) is 71.0 Å². The standard InChI is InChI=1S/C15H14F3N/c1-10(11-4-2-6-13(16)8-11)19-9-12-5-3-7-14(17)15(12)18/h2-8,10,19H,9H2,1H3/t10-/m1/s1. The summed E-state index contributed by atoms with van der Waals surface area (Å²) in [6.45, 7) is 2.02. The Morgan fingerprint density at radius 3 is 2.53 bits per heavy atom. The second kappa shape index (κ2) is 5.89. The van der Waals surface area contributed by atoms with Gasteiger partial charge in [0.25, 0.3) is 0 Å². The monoisotopic (exact) mass is 265 g/mol. The van der Waals surface area contributed by atoms with Crippen LogP contribution in [0.25, 0.3) is 0 Å². The minimum Gasteiger partial charge on any atom is -0.306 e. The summed E-state index contributed by atoms with van der Waals surface area (Å²) in [5.41, 5.74) is 1.01. The highest BCUT2D eigenvalue weighted by Gasteiger charge is 2.10. The molecule has 0 saturated heterocycles. The third-order valence-corrected chi connectivity index (χ3v) is 2.98. The fourth-order valence-corrected chi connectivity index (χ4v) is 1.84. The first-order valence-electron chi connectivity index (χ1n) is 5.99. The first-order chi connectivity index (χ1) is 9.08. The summed E-state index contributed by atoms with van der Waals surface area (Å²) >= 11 is 0. The lowest BCUT2D eigenvalue weighted by atomic mass is 10.1. The quantitative estimate of drug-likeness (QED) is 0.882. The van der Waals surface area contributed by atoms with Crippen LogP contribution in [0, 0.1) is 17.5 Å². The van der Waals surface area contributed by atoms with E-state index in [-0.39, 0.29) is 24.0 Å². The van der Waals surface area contributed by atoms with E-state index in [4.69, 9.17) is 0 Å². The minimum atomic E-state index is -0.863. The van der Waals surface area contributed by atoms with Crippen molar-refractivity contribution in [2.24, 2.45) is 0 Å². The Morgan fingerprint density at radius 1 is 1.05 bits per heavy atom. The lowest BCUT2D eigenvalue weighted by Gasteiger charge is -2.14. The maximum atomic E-state index is 13.4. The van der Waals surface area contributed by atoms with E-state index >= 15 is 0 Å². The molecule has 0 aromatic heterocycles. The fourth-order valence-electron chi connectivity index (χ4n) is 1.84. The Morgan fingerprint density at radius 2 is 1.79 bits per heavy atom. The minimum absolute atomic E-state index is 0.154. The van der Waals surface area contributed by atoms with Crippen molar-refractivity contribution in [2.75, 3.05) is 0 Å². The van der Waals surface area contributed by atoms with Crippen LogP contribution in [0.2, 0.25) is 0 Å². The average molecular weight is 265 g/mol. The normalized spacial score (nSPS) is 12.4. The molecule has 0 heterocycles. The molecule has 0 aliphatic heterocycles. The first-order valence-corrected chi connectivity index (χ1v) is 5.99.